The number of para-hydroxylation sites is 2. The quantitative estimate of drug-likeness (QED) is 0.337. The molecule has 0 saturated heterocycles. The molecule has 0 radical (unpaired) electrons. The van der Waals surface area contributed by atoms with Gasteiger partial charge in [-0.2, -0.15) is 5.11 Å². The molecule has 0 amide bonds. The van der Waals surface area contributed by atoms with Gasteiger partial charge in [-0.05, 0) is 24.3 Å². The summed E-state index contributed by atoms with van der Waals surface area (Å²) in [5.74, 6) is 0.454. The molecule has 6 nitrogen and oxygen atoms in total. The van der Waals surface area contributed by atoms with E-state index < -0.39 is 0 Å². The number of phenolic OH excluding ortho intramolecular Hbond substituents is 2. The molecule has 6 heteroatoms. The van der Waals surface area contributed by atoms with E-state index in [2.05, 4.69) is 15.5 Å². The minimum Gasteiger partial charge on any atom is -0.506 e. The first kappa shape index (κ1) is 16.3. The van der Waals surface area contributed by atoms with Crippen LogP contribution in [0, 0.1) is 0 Å². The fourth-order valence-electron chi connectivity index (χ4n) is 2.25. The van der Waals surface area contributed by atoms with Crippen molar-refractivity contribution < 1.29 is 14.9 Å². The zero-order chi connectivity index (χ0) is 17.6. The molecule has 0 unspecified atom stereocenters. The number of nitrogens with zero attached hydrogens (tertiary/aromatic N) is 2. The highest BCUT2D eigenvalue weighted by atomic mass is 16.5. The van der Waals surface area contributed by atoms with Crippen LogP contribution in [0.2, 0.25) is 0 Å². The molecule has 3 aromatic carbocycles. The van der Waals surface area contributed by atoms with Crippen molar-refractivity contribution in [3.63, 3.8) is 0 Å². The minimum atomic E-state index is -0.102. The normalized spacial score (nSPS) is 10.8. The minimum absolute atomic E-state index is 0.0642. The van der Waals surface area contributed by atoms with E-state index in [1.54, 1.807) is 31.4 Å². The molecule has 3 rings (SSSR count). The fraction of sp³-hybridized carbons (Fsp3) is 0.0526. The Morgan fingerprint density at radius 1 is 0.800 bits per heavy atom. The summed E-state index contributed by atoms with van der Waals surface area (Å²) in [4.78, 5) is 0. The fourth-order valence-corrected chi connectivity index (χ4v) is 2.25. The summed E-state index contributed by atoms with van der Waals surface area (Å²) in [6.07, 6.45) is 0. The first-order chi connectivity index (χ1) is 12.2. The second-order valence-electron chi connectivity index (χ2n) is 5.22. The highest BCUT2D eigenvalue weighted by Gasteiger charge is 2.11. The summed E-state index contributed by atoms with van der Waals surface area (Å²) in [6, 6.07) is 19.1. The summed E-state index contributed by atoms with van der Waals surface area (Å²) >= 11 is 0. The maximum Gasteiger partial charge on any atom is 0.145 e. The van der Waals surface area contributed by atoms with Crippen LogP contribution < -0.4 is 10.1 Å². The Bertz CT molecular complexity index is 896. The van der Waals surface area contributed by atoms with Gasteiger partial charge in [0.15, 0.2) is 0 Å². The van der Waals surface area contributed by atoms with Crippen molar-refractivity contribution in [3.05, 3.63) is 66.7 Å². The molecule has 126 valence electrons. The Labute approximate surface area is 145 Å². The molecular formula is C19H17N3O3. The van der Waals surface area contributed by atoms with Crippen LogP contribution in [0.15, 0.2) is 77.0 Å². The molecule has 0 aliphatic heterocycles. The van der Waals surface area contributed by atoms with Gasteiger partial charge in [0.05, 0.1) is 24.2 Å². The SMILES string of the molecule is COc1ccccc1Nc1cc(O)c(N=Nc2ccccc2)cc1O. The van der Waals surface area contributed by atoms with E-state index in [0.717, 1.165) is 0 Å². The maximum absolute atomic E-state index is 10.2. The molecule has 0 heterocycles. The van der Waals surface area contributed by atoms with E-state index in [4.69, 9.17) is 4.74 Å². The lowest BCUT2D eigenvalue weighted by Gasteiger charge is -2.13. The molecular weight excluding hydrogens is 318 g/mol. The topological polar surface area (TPSA) is 86.4 Å². The predicted molar refractivity (Wildman–Crippen MR) is 96.7 cm³/mol. The van der Waals surface area contributed by atoms with Crippen molar-refractivity contribution >= 4 is 22.7 Å². The van der Waals surface area contributed by atoms with Crippen LogP contribution in [0.3, 0.4) is 0 Å². The van der Waals surface area contributed by atoms with Gasteiger partial charge in [-0.25, -0.2) is 0 Å². The summed E-state index contributed by atoms with van der Waals surface area (Å²) < 4.78 is 5.26. The van der Waals surface area contributed by atoms with Crippen LogP contribution in [0.5, 0.6) is 17.2 Å². The van der Waals surface area contributed by atoms with Crippen LogP contribution >= 0.6 is 0 Å². The number of hydrogen-bond acceptors (Lipinski definition) is 6. The Morgan fingerprint density at radius 3 is 2.28 bits per heavy atom. The number of nitrogens with one attached hydrogen (secondary N) is 1. The van der Waals surface area contributed by atoms with Crippen LogP contribution in [0.25, 0.3) is 0 Å². The number of benzene rings is 3. The van der Waals surface area contributed by atoms with Gasteiger partial charge >= 0.3 is 0 Å². The van der Waals surface area contributed by atoms with Crippen molar-refractivity contribution in [2.45, 2.75) is 0 Å². The van der Waals surface area contributed by atoms with Crippen LogP contribution in [-0.4, -0.2) is 17.3 Å². The molecule has 0 aliphatic carbocycles. The first-order valence-corrected chi connectivity index (χ1v) is 7.60. The summed E-state index contributed by atoms with van der Waals surface area (Å²) in [7, 11) is 1.56. The van der Waals surface area contributed by atoms with Gasteiger partial charge in [-0.3, -0.25) is 0 Å². The summed E-state index contributed by atoms with van der Waals surface area (Å²) in [5.41, 5.74) is 1.82. The molecule has 0 fully saturated rings. The van der Waals surface area contributed by atoms with E-state index >= 15 is 0 Å². The zero-order valence-electron chi connectivity index (χ0n) is 13.5. The van der Waals surface area contributed by atoms with E-state index in [9.17, 15) is 10.2 Å². The number of hydrogen-bond donors (Lipinski definition) is 3. The van der Waals surface area contributed by atoms with Crippen molar-refractivity contribution in [1.29, 1.82) is 0 Å². The number of ether oxygens (including phenoxy) is 1. The van der Waals surface area contributed by atoms with Gasteiger partial charge < -0.3 is 20.3 Å². The number of methoxy groups -OCH3 is 1. The Balaban J connectivity index is 1.86. The molecule has 3 N–H and O–H groups in total. The number of aromatic hydroxyl groups is 2. The third kappa shape index (κ3) is 3.87. The molecule has 0 bridgehead atoms. The number of rotatable bonds is 5. The lowest BCUT2D eigenvalue weighted by Crippen LogP contribution is -1.94. The number of anilines is 2. The van der Waals surface area contributed by atoms with E-state index in [1.165, 1.54) is 12.1 Å². The second-order valence-corrected chi connectivity index (χ2v) is 5.22. The standard InChI is InChI=1S/C19H17N3O3/c1-25-19-10-6-5-9-14(19)20-15-11-18(24)16(12-17(15)23)22-21-13-7-3-2-4-8-13/h2-12,20,23-24H,1H3. The van der Waals surface area contributed by atoms with Crippen LogP contribution in [-0.2, 0) is 0 Å². The lowest BCUT2D eigenvalue weighted by atomic mass is 10.2. The summed E-state index contributed by atoms with van der Waals surface area (Å²) in [6.45, 7) is 0. The molecule has 0 spiro atoms. The van der Waals surface area contributed by atoms with Crippen LogP contribution in [0.1, 0.15) is 0 Å². The van der Waals surface area contributed by atoms with E-state index in [0.29, 0.717) is 22.8 Å². The highest BCUT2D eigenvalue weighted by Crippen LogP contribution is 2.40. The molecule has 0 aromatic heterocycles. The smallest absolute Gasteiger partial charge is 0.145 e. The molecule has 0 atom stereocenters. The Hall–Kier alpha value is -3.54. The largest absolute Gasteiger partial charge is 0.506 e. The van der Waals surface area contributed by atoms with Gasteiger partial charge in [-0.15, -0.1) is 5.11 Å². The van der Waals surface area contributed by atoms with Gasteiger partial charge in [0.2, 0.25) is 0 Å². The average Bonchev–Trinajstić information content (AvgIpc) is 2.64. The Kier molecular flexibility index (Phi) is 4.80. The number of azo groups is 1. The van der Waals surface area contributed by atoms with E-state index in [-0.39, 0.29) is 17.2 Å². The van der Waals surface area contributed by atoms with Gasteiger partial charge in [0, 0.05) is 12.1 Å². The van der Waals surface area contributed by atoms with Crippen molar-refractivity contribution in [1.82, 2.24) is 0 Å². The lowest BCUT2D eigenvalue weighted by molar-refractivity contribution is 0.416. The zero-order valence-corrected chi connectivity index (χ0v) is 13.5. The van der Waals surface area contributed by atoms with Crippen molar-refractivity contribution in [3.8, 4) is 17.2 Å². The number of phenols is 2. The monoisotopic (exact) mass is 335 g/mol. The van der Waals surface area contributed by atoms with Gasteiger partial charge in [0.1, 0.15) is 22.9 Å². The first-order valence-electron chi connectivity index (χ1n) is 7.60. The third-order valence-corrected chi connectivity index (χ3v) is 3.50. The highest BCUT2D eigenvalue weighted by molar-refractivity contribution is 5.75. The molecule has 0 aliphatic rings. The predicted octanol–water partition coefficient (Wildman–Crippen LogP) is 5.27. The third-order valence-electron chi connectivity index (χ3n) is 3.50. The Morgan fingerprint density at radius 2 is 1.52 bits per heavy atom. The molecule has 3 aromatic rings. The second kappa shape index (κ2) is 7.35. The van der Waals surface area contributed by atoms with E-state index in [1.807, 2.05) is 30.3 Å². The van der Waals surface area contributed by atoms with Gasteiger partial charge in [0.25, 0.3) is 0 Å². The summed E-state index contributed by atoms with van der Waals surface area (Å²) in [5, 5.41) is 31.4. The maximum atomic E-state index is 10.2. The average molecular weight is 335 g/mol. The van der Waals surface area contributed by atoms with Gasteiger partial charge in [-0.1, -0.05) is 30.3 Å². The molecule has 0 saturated carbocycles. The molecule has 25 heavy (non-hydrogen) atoms. The van der Waals surface area contributed by atoms with Crippen molar-refractivity contribution in [2.75, 3.05) is 12.4 Å². The van der Waals surface area contributed by atoms with Crippen molar-refractivity contribution in [2.24, 2.45) is 10.2 Å². The van der Waals surface area contributed by atoms with Crippen LogP contribution in [0.4, 0.5) is 22.7 Å².